The Balaban J connectivity index is 1.77. The van der Waals surface area contributed by atoms with Gasteiger partial charge in [-0.3, -0.25) is 0 Å². The summed E-state index contributed by atoms with van der Waals surface area (Å²) < 4.78 is 0. The molecule has 1 aromatic heterocycles. The second-order valence-electron chi connectivity index (χ2n) is 8.80. The Labute approximate surface area is 154 Å². The van der Waals surface area contributed by atoms with Gasteiger partial charge in [-0.15, -0.1) is 5.10 Å². The number of hydrogen-bond acceptors (Lipinski definition) is 3. The largest absolute Gasteiger partial charge is 0.234 e. The lowest BCUT2D eigenvalue weighted by Crippen LogP contribution is -2.20. The number of rotatable bonds is 12. The van der Waals surface area contributed by atoms with Gasteiger partial charge in [0, 0.05) is 12.3 Å². The summed E-state index contributed by atoms with van der Waals surface area (Å²) in [7, 11) is 0. The van der Waals surface area contributed by atoms with Crippen molar-refractivity contribution in [1.29, 1.82) is 0 Å². The summed E-state index contributed by atoms with van der Waals surface area (Å²) in [6, 6.07) is 0. The predicted molar refractivity (Wildman–Crippen MR) is 104 cm³/mol. The molecule has 0 aromatic carbocycles. The van der Waals surface area contributed by atoms with E-state index in [4.69, 9.17) is 4.98 Å². The highest BCUT2D eigenvalue weighted by molar-refractivity contribution is 5.18. The molecule has 3 rings (SSSR count). The van der Waals surface area contributed by atoms with Crippen molar-refractivity contribution >= 4 is 0 Å². The van der Waals surface area contributed by atoms with Crippen LogP contribution in [0.2, 0.25) is 0 Å². The number of aromatic nitrogens is 3. The third-order valence-corrected chi connectivity index (χ3v) is 6.82. The normalized spacial score (nSPS) is 24.4. The van der Waals surface area contributed by atoms with Crippen molar-refractivity contribution in [3.63, 3.8) is 0 Å². The molecule has 0 N–H and O–H groups in total. The Kier molecular flexibility index (Phi) is 6.12. The molecule has 1 unspecified atom stereocenters. The van der Waals surface area contributed by atoms with Gasteiger partial charge in [0.1, 0.15) is 0 Å². The van der Waals surface area contributed by atoms with Crippen LogP contribution < -0.4 is 0 Å². The molecule has 2 fully saturated rings. The Morgan fingerprint density at radius 2 is 1.52 bits per heavy atom. The van der Waals surface area contributed by atoms with Crippen LogP contribution in [0.4, 0.5) is 0 Å². The molecule has 0 saturated heterocycles. The predicted octanol–water partition coefficient (Wildman–Crippen LogP) is 6.24. The molecular weight excluding hydrogens is 306 g/mol. The van der Waals surface area contributed by atoms with Gasteiger partial charge in [-0.1, -0.05) is 59.3 Å². The maximum atomic E-state index is 4.92. The maximum absolute atomic E-state index is 4.92. The van der Waals surface area contributed by atoms with Gasteiger partial charge >= 0.3 is 0 Å². The molecule has 0 aliphatic heterocycles. The van der Waals surface area contributed by atoms with Gasteiger partial charge < -0.3 is 0 Å². The monoisotopic (exact) mass is 343 g/mol. The molecule has 2 aliphatic rings. The third-order valence-electron chi connectivity index (χ3n) is 6.82. The van der Waals surface area contributed by atoms with Crippen molar-refractivity contribution in [2.75, 3.05) is 0 Å². The van der Waals surface area contributed by atoms with Gasteiger partial charge in [0.15, 0.2) is 5.82 Å². The van der Waals surface area contributed by atoms with Crippen molar-refractivity contribution in [2.24, 2.45) is 10.8 Å². The zero-order valence-corrected chi connectivity index (χ0v) is 16.7. The molecule has 3 heteroatoms. The summed E-state index contributed by atoms with van der Waals surface area (Å²) in [5.74, 6) is 1.69. The van der Waals surface area contributed by atoms with Gasteiger partial charge in [-0.2, -0.15) is 5.10 Å². The van der Waals surface area contributed by atoms with Crippen LogP contribution in [-0.2, 0) is 6.42 Å². The Bertz CT molecular complexity index is 544. The van der Waals surface area contributed by atoms with Crippen LogP contribution in [0.3, 0.4) is 0 Å². The van der Waals surface area contributed by atoms with Gasteiger partial charge in [0.05, 0.1) is 11.9 Å². The SMILES string of the molecule is CCCCC1(CCCC)CC1(CCCC)Cc1nncc(C2CC2)n1. The van der Waals surface area contributed by atoms with Gasteiger partial charge in [0.2, 0.25) is 0 Å². The molecular formula is C22H37N3. The van der Waals surface area contributed by atoms with Gasteiger partial charge in [-0.05, 0) is 49.4 Å². The highest BCUT2D eigenvalue weighted by Crippen LogP contribution is 2.72. The Morgan fingerprint density at radius 1 is 0.920 bits per heavy atom. The van der Waals surface area contributed by atoms with E-state index in [1.165, 1.54) is 82.7 Å². The second kappa shape index (κ2) is 8.14. The summed E-state index contributed by atoms with van der Waals surface area (Å²) in [4.78, 5) is 4.92. The molecule has 25 heavy (non-hydrogen) atoms. The van der Waals surface area contributed by atoms with E-state index in [9.17, 15) is 0 Å². The van der Waals surface area contributed by atoms with Gasteiger partial charge in [0.25, 0.3) is 0 Å². The van der Waals surface area contributed by atoms with E-state index < -0.39 is 0 Å². The first-order valence-electron chi connectivity index (χ1n) is 10.9. The quantitative estimate of drug-likeness (QED) is 0.451. The fourth-order valence-corrected chi connectivity index (χ4v) is 4.98. The molecule has 140 valence electrons. The number of unbranched alkanes of at least 4 members (excludes halogenated alkanes) is 3. The summed E-state index contributed by atoms with van der Waals surface area (Å²) in [5.41, 5.74) is 2.22. The van der Waals surface area contributed by atoms with E-state index in [2.05, 4.69) is 31.0 Å². The van der Waals surface area contributed by atoms with Crippen LogP contribution >= 0.6 is 0 Å². The van der Waals surface area contributed by atoms with E-state index in [0.29, 0.717) is 16.7 Å². The average Bonchev–Trinajstić information content (AvgIpc) is 3.54. The molecule has 3 nitrogen and oxygen atoms in total. The van der Waals surface area contributed by atoms with Crippen LogP contribution in [0.1, 0.15) is 115 Å². The Hall–Kier alpha value is -0.990. The highest BCUT2D eigenvalue weighted by atomic mass is 15.1. The minimum absolute atomic E-state index is 0.456. The minimum atomic E-state index is 0.456. The maximum Gasteiger partial charge on any atom is 0.151 e. The standard InChI is InChI=1S/C22H37N3/c1-4-7-12-21(13-8-5-2)17-22(21,14-9-6-3)15-20-24-19(16-23-25-20)18-10-11-18/h16,18H,4-15,17H2,1-3H3. The summed E-state index contributed by atoms with van der Waals surface area (Å²) in [5, 5.41) is 8.75. The van der Waals surface area contributed by atoms with Crippen LogP contribution in [0.5, 0.6) is 0 Å². The smallest absolute Gasteiger partial charge is 0.151 e. The highest BCUT2D eigenvalue weighted by Gasteiger charge is 2.64. The first-order chi connectivity index (χ1) is 12.2. The van der Waals surface area contributed by atoms with E-state index >= 15 is 0 Å². The fraction of sp³-hybridized carbons (Fsp3) is 0.864. The molecule has 2 aliphatic carbocycles. The first kappa shape index (κ1) is 18.8. The van der Waals surface area contributed by atoms with Crippen LogP contribution in [0.25, 0.3) is 0 Å². The van der Waals surface area contributed by atoms with Crippen molar-refractivity contribution in [3.8, 4) is 0 Å². The number of hydrogen-bond donors (Lipinski definition) is 0. The lowest BCUT2D eigenvalue weighted by Gasteiger charge is -2.26. The van der Waals surface area contributed by atoms with Crippen LogP contribution in [0, 0.1) is 10.8 Å². The lowest BCUT2D eigenvalue weighted by atomic mass is 9.79. The topological polar surface area (TPSA) is 38.7 Å². The van der Waals surface area contributed by atoms with Gasteiger partial charge in [-0.25, -0.2) is 4.98 Å². The average molecular weight is 344 g/mol. The summed E-state index contributed by atoms with van der Waals surface area (Å²) >= 11 is 0. The van der Waals surface area contributed by atoms with E-state index in [1.54, 1.807) is 0 Å². The van der Waals surface area contributed by atoms with E-state index in [0.717, 1.165) is 12.2 Å². The van der Waals surface area contributed by atoms with Crippen LogP contribution in [-0.4, -0.2) is 15.2 Å². The molecule has 2 saturated carbocycles. The molecule has 0 bridgehead atoms. The van der Waals surface area contributed by atoms with Crippen molar-refractivity contribution in [3.05, 3.63) is 17.7 Å². The second-order valence-corrected chi connectivity index (χ2v) is 8.80. The summed E-state index contributed by atoms with van der Waals surface area (Å²) in [6.07, 6.45) is 19.1. The molecule has 1 aromatic rings. The molecule has 0 amide bonds. The summed E-state index contributed by atoms with van der Waals surface area (Å²) in [6.45, 7) is 6.98. The molecule has 0 radical (unpaired) electrons. The van der Waals surface area contributed by atoms with Crippen molar-refractivity contribution in [1.82, 2.24) is 15.2 Å². The van der Waals surface area contributed by atoms with Crippen molar-refractivity contribution in [2.45, 2.75) is 110 Å². The van der Waals surface area contributed by atoms with Crippen LogP contribution in [0.15, 0.2) is 6.20 Å². The molecule has 1 heterocycles. The van der Waals surface area contributed by atoms with Crippen molar-refractivity contribution < 1.29 is 0 Å². The number of nitrogens with zero attached hydrogens (tertiary/aromatic N) is 3. The Morgan fingerprint density at radius 3 is 2.08 bits per heavy atom. The minimum Gasteiger partial charge on any atom is -0.234 e. The fourth-order valence-electron chi connectivity index (χ4n) is 4.98. The third kappa shape index (κ3) is 4.23. The molecule has 1 atom stereocenters. The first-order valence-corrected chi connectivity index (χ1v) is 10.9. The lowest BCUT2D eigenvalue weighted by molar-refractivity contribution is 0.255. The van der Waals surface area contributed by atoms with E-state index in [1.807, 2.05) is 6.20 Å². The zero-order valence-electron chi connectivity index (χ0n) is 16.7. The zero-order chi connectivity index (χ0) is 17.8. The molecule has 0 spiro atoms. The van der Waals surface area contributed by atoms with E-state index in [-0.39, 0.29) is 0 Å².